The van der Waals surface area contributed by atoms with E-state index in [2.05, 4.69) is 33.8 Å². The van der Waals surface area contributed by atoms with E-state index in [0.717, 1.165) is 0 Å². The quantitative estimate of drug-likeness (QED) is 0.866. The first kappa shape index (κ1) is 13.1. The summed E-state index contributed by atoms with van der Waals surface area (Å²) in [7, 11) is 0. The Balaban J connectivity index is 2.18. The maximum atomic E-state index is 10.6. The molecule has 1 heterocycles. The molecule has 2 unspecified atom stereocenters. The van der Waals surface area contributed by atoms with Crippen molar-refractivity contribution in [3.63, 3.8) is 0 Å². The van der Waals surface area contributed by atoms with Gasteiger partial charge in [0.15, 0.2) is 0 Å². The van der Waals surface area contributed by atoms with Gasteiger partial charge in [-0.3, -0.25) is 0 Å². The van der Waals surface area contributed by atoms with E-state index in [-0.39, 0.29) is 22.9 Å². The number of thiophene rings is 1. The summed E-state index contributed by atoms with van der Waals surface area (Å²) in [6, 6.07) is 4.10. The lowest BCUT2D eigenvalue weighted by Crippen LogP contribution is -2.29. The van der Waals surface area contributed by atoms with Crippen LogP contribution in [0.25, 0.3) is 0 Å². The molecule has 3 heteroatoms. The Labute approximate surface area is 108 Å². The molecule has 0 radical (unpaired) electrons. The molecule has 2 rings (SSSR count). The second kappa shape index (κ2) is 4.08. The molecule has 1 saturated carbocycles. The van der Waals surface area contributed by atoms with Gasteiger partial charge in [0.25, 0.3) is 0 Å². The van der Waals surface area contributed by atoms with Crippen LogP contribution >= 0.6 is 11.3 Å². The lowest BCUT2D eigenvalue weighted by atomic mass is 9.92. The van der Waals surface area contributed by atoms with E-state index in [4.69, 9.17) is 5.73 Å². The summed E-state index contributed by atoms with van der Waals surface area (Å²) in [5, 5.41) is 12.7. The maximum Gasteiger partial charge on any atom is 0.0667 e. The standard InChI is InChI=1S/C14H23NOS/c1-13(2)12(14(13,3)4)11(16)9(8-15)10-6-5-7-17-10/h5-7,9,11-12,16H,8,15H2,1-4H3. The summed E-state index contributed by atoms with van der Waals surface area (Å²) in [5.74, 6) is 0.423. The highest BCUT2D eigenvalue weighted by Gasteiger charge is 2.67. The fourth-order valence-electron chi connectivity index (χ4n) is 3.26. The van der Waals surface area contributed by atoms with Gasteiger partial charge in [-0.1, -0.05) is 33.8 Å². The molecule has 0 aliphatic heterocycles. The third kappa shape index (κ3) is 1.85. The van der Waals surface area contributed by atoms with E-state index < -0.39 is 0 Å². The third-order valence-electron chi connectivity index (χ3n) is 5.05. The molecule has 1 aliphatic carbocycles. The van der Waals surface area contributed by atoms with Gasteiger partial charge in [-0.15, -0.1) is 11.3 Å². The van der Waals surface area contributed by atoms with Crippen molar-refractivity contribution >= 4 is 11.3 Å². The number of rotatable bonds is 4. The zero-order valence-electron chi connectivity index (χ0n) is 11.1. The van der Waals surface area contributed by atoms with E-state index in [0.29, 0.717) is 12.5 Å². The highest BCUT2D eigenvalue weighted by molar-refractivity contribution is 7.10. The Morgan fingerprint density at radius 1 is 1.35 bits per heavy atom. The molecule has 1 aliphatic rings. The molecule has 2 nitrogen and oxygen atoms in total. The topological polar surface area (TPSA) is 46.2 Å². The van der Waals surface area contributed by atoms with Crippen LogP contribution in [0.3, 0.4) is 0 Å². The molecule has 0 saturated heterocycles. The first-order valence-corrected chi connectivity index (χ1v) is 7.13. The van der Waals surface area contributed by atoms with Crippen molar-refractivity contribution in [2.75, 3.05) is 6.54 Å². The van der Waals surface area contributed by atoms with Crippen LogP contribution in [0.5, 0.6) is 0 Å². The van der Waals surface area contributed by atoms with Crippen molar-refractivity contribution in [3.05, 3.63) is 22.4 Å². The molecular formula is C14H23NOS. The normalized spacial score (nSPS) is 25.5. The Morgan fingerprint density at radius 3 is 2.29 bits per heavy atom. The minimum Gasteiger partial charge on any atom is -0.392 e. The maximum absolute atomic E-state index is 10.6. The minimum atomic E-state index is -0.330. The molecule has 1 aromatic rings. The van der Waals surface area contributed by atoms with E-state index >= 15 is 0 Å². The average molecular weight is 253 g/mol. The molecule has 1 fully saturated rings. The minimum absolute atomic E-state index is 0.0843. The predicted molar refractivity (Wildman–Crippen MR) is 73.2 cm³/mol. The van der Waals surface area contributed by atoms with Crippen molar-refractivity contribution < 1.29 is 5.11 Å². The largest absolute Gasteiger partial charge is 0.392 e. The monoisotopic (exact) mass is 253 g/mol. The first-order chi connectivity index (χ1) is 7.84. The number of aliphatic hydroxyl groups is 1. The van der Waals surface area contributed by atoms with E-state index in [1.165, 1.54) is 4.88 Å². The van der Waals surface area contributed by atoms with Crippen molar-refractivity contribution in [2.45, 2.75) is 39.7 Å². The average Bonchev–Trinajstić information content (AvgIpc) is 2.62. The van der Waals surface area contributed by atoms with E-state index in [1.807, 2.05) is 11.4 Å². The number of aliphatic hydroxyl groups excluding tert-OH is 1. The van der Waals surface area contributed by atoms with Gasteiger partial charge in [0.1, 0.15) is 0 Å². The van der Waals surface area contributed by atoms with Gasteiger partial charge in [-0.25, -0.2) is 0 Å². The molecule has 0 amide bonds. The Hall–Kier alpha value is -0.380. The van der Waals surface area contributed by atoms with Crippen molar-refractivity contribution in [2.24, 2.45) is 22.5 Å². The lowest BCUT2D eigenvalue weighted by molar-refractivity contribution is 0.103. The SMILES string of the molecule is CC1(C)C(C(O)C(CN)c2cccs2)C1(C)C. The fourth-order valence-corrected chi connectivity index (χ4v) is 4.14. The van der Waals surface area contributed by atoms with Crippen LogP contribution in [0, 0.1) is 16.7 Å². The molecule has 0 bridgehead atoms. The van der Waals surface area contributed by atoms with Crippen molar-refractivity contribution in [1.82, 2.24) is 0 Å². The van der Waals surface area contributed by atoms with Crippen LogP contribution in [-0.2, 0) is 0 Å². The predicted octanol–water partition coefficient (Wildman–Crippen LogP) is 2.83. The molecule has 96 valence electrons. The van der Waals surface area contributed by atoms with Gasteiger partial charge in [0.05, 0.1) is 6.10 Å². The van der Waals surface area contributed by atoms with Crippen LogP contribution in [-0.4, -0.2) is 17.8 Å². The van der Waals surface area contributed by atoms with Gasteiger partial charge in [-0.05, 0) is 28.2 Å². The zero-order valence-corrected chi connectivity index (χ0v) is 11.9. The van der Waals surface area contributed by atoms with Gasteiger partial charge >= 0.3 is 0 Å². The Kier molecular flexibility index (Phi) is 3.13. The summed E-state index contributed by atoms with van der Waals surface area (Å²) < 4.78 is 0. The fraction of sp³-hybridized carbons (Fsp3) is 0.714. The summed E-state index contributed by atoms with van der Waals surface area (Å²) in [6.07, 6.45) is -0.330. The summed E-state index contributed by atoms with van der Waals surface area (Å²) in [6.45, 7) is 9.47. The molecule has 17 heavy (non-hydrogen) atoms. The highest BCUT2D eigenvalue weighted by Crippen LogP contribution is 2.70. The van der Waals surface area contributed by atoms with Crippen LogP contribution in [0.2, 0.25) is 0 Å². The van der Waals surface area contributed by atoms with Gasteiger partial charge in [-0.2, -0.15) is 0 Å². The number of hydrogen-bond donors (Lipinski definition) is 2. The van der Waals surface area contributed by atoms with Crippen molar-refractivity contribution in [3.8, 4) is 0 Å². The Bertz CT molecular complexity index is 369. The van der Waals surface area contributed by atoms with Crippen LogP contribution in [0.4, 0.5) is 0 Å². The summed E-state index contributed by atoms with van der Waals surface area (Å²) in [5.41, 5.74) is 6.27. The highest BCUT2D eigenvalue weighted by atomic mass is 32.1. The second-order valence-electron chi connectivity index (χ2n) is 6.27. The third-order valence-corrected chi connectivity index (χ3v) is 6.05. The van der Waals surface area contributed by atoms with Gasteiger partial charge in [0.2, 0.25) is 0 Å². The molecule has 3 N–H and O–H groups in total. The van der Waals surface area contributed by atoms with Gasteiger partial charge in [0, 0.05) is 17.3 Å². The molecule has 2 atom stereocenters. The van der Waals surface area contributed by atoms with Crippen molar-refractivity contribution in [1.29, 1.82) is 0 Å². The van der Waals surface area contributed by atoms with Crippen LogP contribution in [0.1, 0.15) is 38.5 Å². The van der Waals surface area contributed by atoms with Crippen LogP contribution in [0.15, 0.2) is 17.5 Å². The summed E-state index contributed by atoms with van der Waals surface area (Å²) >= 11 is 1.69. The Morgan fingerprint density at radius 2 is 1.94 bits per heavy atom. The molecular weight excluding hydrogens is 230 g/mol. The first-order valence-electron chi connectivity index (χ1n) is 6.25. The molecule has 1 aromatic heterocycles. The van der Waals surface area contributed by atoms with E-state index in [9.17, 15) is 5.11 Å². The number of nitrogens with two attached hydrogens (primary N) is 1. The molecule has 0 spiro atoms. The zero-order chi connectivity index (χ0) is 12.8. The van der Waals surface area contributed by atoms with E-state index in [1.54, 1.807) is 11.3 Å². The van der Waals surface area contributed by atoms with Gasteiger partial charge < -0.3 is 10.8 Å². The van der Waals surface area contributed by atoms with Crippen LogP contribution < -0.4 is 5.73 Å². The second-order valence-corrected chi connectivity index (χ2v) is 7.25. The summed E-state index contributed by atoms with van der Waals surface area (Å²) in [4.78, 5) is 1.21. The lowest BCUT2D eigenvalue weighted by Gasteiger charge is -2.22. The number of hydrogen-bond acceptors (Lipinski definition) is 3. The smallest absolute Gasteiger partial charge is 0.0667 e. The molecule has 0 aromatic carbocycles.